The molecule has 1 aromatic carbocycles. The fraction of sp³-hybridized carbons (Fsp3) is 0.429. The van der Waals surface area contributed by atoms with Gasteiger partial charge in [0.15, 0.2) is 0 Å². The zero-order valence-corrected chi connectivity index (χ0v) is 10.7. The minimum atomic E-state index is -0.608. The van der Waals surface area contributed by atoms with E-state index in [1.165, 1.54) is 0 Å². The summed E-state index contributed by atoms with van der Waals surface area (Å²) < 4.78 is 5.02. The lowest BCUT2D eigenvalue weighted by atomic mass is 9.86. The van der Waals surface area contributed by atoms with Crippen LogP contribution in [0.4, 0.5) is 0 Å². The second-order valence-corrected chi connectivity index (χ2v) is 5.03. The number of methoxy groups -OCH3 is 1. The van der Waals surface area contributed by atoms with Gasteiger partial charge in [-0.2, -0.15) is 0 Å². The number of ether oxygens (including phenoxy) is 1. The van der Waals surface area contributed by atoms with E-state index in [1.807, 2.05) is 0 Å². The molecule has 3 heteroatoms. The Balaban J connectivity index is 2.71. The first-order valence-electron chi connectivity index (χ1n) is 5.55. The average Bonchev–Trinajstić information content (AvgIpc) is 2.27. The number of carbonyl (C=O) groups is 2. The summed E-state index contributed by atoms with van der Waals surface area (Å²) in [7, 11) is 1.59. The summed E-state index contributed by atoms with van der Waals surface area (Å²) in [4.78, 5) is 23.5. The van der Waals surface area contributed by atoms with Crippen molar-refractivity contribution in [3.63, 3.8) is 0 Å². The molecule has 0 heterocycles. The van der Waals surface area contributed by atoms with E-state index in [1.54, 1.807) is 52.1 Å². The number of hydrogen-bond donors (Lipinski definition) is 0. The molecule has 0 saturated heterocycles. The number of ketones is 2. The summed E-state index contributed by atoms with van der Waals surface area (Å²) in [6.45, 7) is 5.25. The lowest BCUT2D eigenvalue weighted by molar-refractivity contribution is -0.140. The van der Waals surface area contributed by atoms with Crippen LogP contribution in [0.25, 0.3) is 0 Å². The molecule has 0 N–H and O–H groups in total. The molecule has 1 aromatic rings. The lowest BCUT2D eigenvalue weighted by Crippen LogP contribution is -2.29. The minimum absolute atomic E-state index is 0.153. The van der Waals surface area contributed by atoms with Crippen LogP contribution in [-0.2, 0) is 16.0 Å². The third-order valence-corrected chi connectivity index (χ3v) is 2.46. The van der Waals surface area contributed by atoms with Gasteiger partial charge in [-0.3, -0.25) is 9.59 Å². The molecule has 92 valence electrons. The highest BCUT2D eigenvalue weighted by molar-refractivity contribution is 6.39. The van der Waals surface area contributed by atoms with Gasteiger partial charge in [0.25, 0.3) is 0 Å². The van der Waals surface area contributed by atoms with Gasteiger partial charge >= 0.3 is 0 Å². The maximum atomic E-state index is 11.7. The SMILES string of the molecule is COc1ccc(CC(=O)C(=O)C(C)(C)C)cc1. The van der Waals surface area contributed by atoms with E-state index in [4.69, 9.17) is 4.74 Å². The van der Waals surface area contributed by atoms with E-state index >= 15 is 0 Å². The normalized spacial score (nSPS) is 11.1. The molecule has 1 rings (SSSR count). The molecule has 0 fully saturated rings. The molecule has 0 amide bonds. The van der Waals surface area contributed by atoms with Crippen molar-refractivity contribution >= 4 is 11.6 Å². The maximum Gasteiger partial charge on any atom is 0.204 e. The first-order chi connectivity index (χ1) is 7.84. The number of carbonyl (C=O) groups excluding carboxylic acids is 2. The molecule has 3 nitrogen and oxygen atoms in total. The number of rotatable bonds is 4. The Hall–Kier alpha value is -1.64. The van der Waals surface area contributed by atoms with Crippen molar-refractivity contribution in [1.29, 1.82) is 0 Å². The molecule has 0 spiro atoms. The standard InChI is InChI=1S/C14H18O3/c1-14(2,3)13(16)12(15)9-10-5-7-11(17-4)8-6-10/h5-8H,9H2,1-4H3. The predicted octanol–water partition coefficient (Wildman–Crippen LogP) is 2.42. The van der Waals surface area contributed by atoms with Crippen molar-refractivity contribution in [2.24, 2.45) is 5.41 Å². The van der Waals surface area contributed by atoms with E-state index in [0.29, 0.717) is 0 Å². The summed E-state index contributed by atoms with van der Waals surface area (Å²) in [5, 5.41) is 0. The van der Waals surface area contributed by atoms with Crippen molar-refractivity contribution in [2.45, 2.75) is 27.2 Å². The molecular formula is C14H18O3. The van der Waals surface area contributed by atoms with E-state index in [0.717, 1.165) is 11.3 Å². The zero-order chi connectivity index (χ0) is 13.1. The van der Waals surface area contributed by atoms with Crippen LogP contribution < -0.4 is 4.74 Å². The Kier molecular flexibility index (Phi) is 4.05. The van der Waals surface area contributed by atoms with Gasteiger partial charge in [0.05, 0.1) is 7.11 Å². The molecule has 0 unspecified atom stereocenters. The second-order valence-electron chi connectivity index (χ2n) is 5.03. The first kappa shape index (κ1) is 13.4. The van der Waals surface area contributed by atoms with E-state index in [2.05, 4.69) is 0 Å². The molecule has 17 heavy (non-hydrogen) atoms. The lowest BCUT2D eigenvalue weighted by Gasteiger charge is -2.15. The fourth-order valence-corrected chi connectivity index (χ4v) is 1.43. The molecule has 0 atom stereocenters. The van der Waals surface area contributed by atoms with Crippen LogP contribution in [0, 0.1) is 5.41 Å². The Morgan fingerprint density at radius 1 is 1.12 bits per heavy atom. The van der Waals surface area contributed by atoms with Crippen molar-refractivity contribution in [3.05, 3.63) is 29.8 Å². The molecule has 0 radical (unpaired) electrons. The molecule has 0 bridgehead atoms. The van der Waals surface area contributed by atoms with Crippen LogP contribution in [0.15, 0.2) is 24.3 Å². The van der Waals surface area contributed by atoms with Crippen molar-refractivity contribution < 1.29 is 14.3 Å². The Morgan fingerprint density at radius 3 is 2.06 bits per heavy atom. The number of hydrogen-bond acceptors (Lipinski definition) is 3. The predicted molar refractivity (Wildman–Crippen MR) is 66.2 cm³/mol. The Morgan fingerprint density at radius 2 is 1.65 bits per heavy atom. The van der Waals surface area contributed by atoms with Crippen LogP contribution in [0.5, 0.6) is 5.75 Å². The monoisotopic (exact) mass is 234 g/mol. The van der Waals surface area contributed by atoms with Crippen LogP contribution in [0.3, 0.4) is 0 Å². The van der Waals surface area contributed by atoms with Gasteiger partial charge in [-0.15, -0.1) is 0 Å². The maximum absolute atomic E-state index is 11.7. The molecule has 0 aliphatic heterocycles. The van der Waals surface area contributed by atoms with Gasteiger partial charge in [-0.1, -0.05) is 32.9 Å². The van der Waals surface area contributed by atoms with Gasteiger partial charge in [0.1, 0.15) is 5.75 Å². The summed E-state index contributed by atoms with van der Waals surface area (Å²) >= 11 is 0. The first-order valence-corrected chi connectivity index (χ1v) is 5.55. The third-order valence-electron chi connectivity index (χ3n) is 2.46. The molecular weight excluding hydrogens is 216 g/mol. The van der Waals surface area contributed by atoms with Crippen LogP contribution in [0.1, 0.15) is 26.3 Å². The van der Waals surface area contributed by atoms with E-state index in [9.17, 15) is 9.59 Å². The zero-order valence-electron chi connectivity index (χ0n) is 10.7. The highest BCUT2D eigenvalue weighted by Crippen LogP contribution is 2.17. The Labute approximate surface area is 102 Å². The van der Waals surface area contributed by atoms with Gasteiger partial charge in [-0.25, -0.2) is 0 Å². The fourth-order valence-electron chi connectivity index (χ4n) is 1.43. The number of Topliss-reactive ketones (excluding diaryl/α,β-unsaturated/α-hetero) is 2. The summed E-state index contributed by atoms with van der Waals surface area (Å²) in [5.74, 6) is 0.0688. The number of benzene rings is 1. The summed E-state index contributed by atoms with van der Waals surface area (Å²) in [5.41, 5.74) is 0.220. The molecule has 0 aliphatic carbocycles. The van der Waals surface area contributed by atoms with Crippen molar-refractivity contribution in [2.75, 3.05) is 7.11 Å². The van der Waals surface area contributed by atoms with Crippen LogP contribution in [-0.4, -0.2) is 18.7 Å². The van der Waals surface area contributed by atoms with Gasteiger partial charge in [0, 0.05) is 11.8 Å². The topological polar surface area (TPSA) is 43.4 Å². The Bertz CT molecular complexity index is 410. The van der Waals surface area contributed by atoms with Gasteiger partial charge in [0.2, 0.25) is 11.6 Å². The summed E-state index contributed by atoms with van der Waals surface area (Å²) in [6.07, 6.45) is 0.153. The largest absolute Gasteiger partial charge is 0.497 e. The average molecular weight is 234 g/mol. The van der Waals surface area contributed by atoms with Crippen molar-refractivity contribution in [3.8, 4) is 5.75 Å². The van der Waals surface area contributed by atoms with Crippen LogP contribution in [0.2, 0.25) is 0 Å². The van der Waals surface area contributed by atoms with Crippen LogP contribution >= 0.6 is 0 Å². The quantitative estimate of drug-likeness (QED) is 0.751. The molecule has 0 aromatic heterocycles. The highest BCUT2D eigenvalue weighted by atomic mass is 16.5. The second kappa shape index (κ2) is 5.13. The third kappa shape index (κ3) is 3.70. The smallest absolute Gasteiger partial charge is 0.204 e. The minimum Gasteiger partial charge on any atom is -0.497 e. The van der Waals surface area contributed by atoms with E-state index in [-0.39, 0.29) is 18.0 Å². The van der Waals surface area contributed by atoms with Crippen molar-refractivity contribution in [1.82, 2.24) is 0 Å². The van der Waals surface area contributed by atoms with E-state index < -0.39 is 5.41 Å². The highest BCUT2D eigenvalue weighted by Gasteiger charge is 2.27. The molecule has 0 saturated carbocycles. The van der Waals surface area contributed by atoms with Gasteiger partial charge in [-0.05, 0) is 17.7 Å². The molecule has 0 aliphatic rings. The summed E-state index contributed by atoms with van der Waals surface area (Å²) in [6, 6.07) is 7.16. The van der Waals surface area contributed by atoms with Gasteiger partial charge < -0.3 is 4.74 Å².